The molecule has 0 spiro atoms. The zero-order chi connectivity index (χ0) is 17.5. The Morgan fingerprint density at radius 2 is 2.12 bits per heavy atom. The number of nitriles is 1. The van der Waals surface area contributed by atoms with Crippen LogP contribution >= 0.6 is 0 Å². The first-order valence-electron chi connectivity index (χ1n) is 9.29. The second-order valence-electron chi connectivity index (χ2n) is 6.94. The van der Waals surface area contributed by atoms with E-state index >= 15 is 0 Å². The molecule has 2 N–H and O–H groups in total. The maximum atomic E-state index is 12.5. The lowest BCUT2D eigenvalue weighted by molar-refractivity contribution is -0.148. The zero-order valence-electron chi connectivity index (χ0n) is 14.6. The van der Waals surface area contributed by atoms with Crippen LogP contribution in [0.25, 0.3) is 0 Å². The molecule has 1 saturated heterocycles. The monoisotopic (exact) mass is 345 g/mol. The summed E-state index contributed by atoms with van der Waals surface area (Å²) in [6.07, 6.45) is 9.31. The Bertz CT molecular complexity index is 556. The van der Waals surface area contributed by atoms with Gasteiger partial charge in [-0.15, -0.1) is 0 Å². The maximum Gasteiger partial charge on any atom is 0.326 e. The summed E-state index contributed by atoms with van der Waals surface area (Å²) in [5.41, 5.74) is 0.894. The molecule has 1 saturated carbocycles. The number of rotatable bonds is 5. The molecule has 136 valence electrons. The molecule has 2 unspecified atom stereocenters. The van der Waals surface area contributed by atoms with Crippen LogP contribution in [0.15, 0.2) is 16.9 Å². The van der Waals surface area contributed by atoms with Gasteiger partial charge in [-0.05, 0) is 18.8 Å². The predicted octanol–water partition coefficient (Wildman–Crippen LogP) is 0.996. The maximum absolute atomic E-state index is 12.5. The van der Waals surface area contributed by atoms with Gasteiger partial charge in [-0.1, -0.05) is 19.3 Å². The Balaban J connectivity index is 1.62. The molecule has 3 rings (SSSR count). The van der Waals surface area contributed by atoms with Crippen molar-refractivity contribution in [2.45, 2.75) is 38.1 Å². The van der Waals surface area contributed by atoms with Gasteiger partial charge in [0.25, 0.3) is 0 Å². The van der Waals surface area contributed by atoms with Gasteiger partial charge in [0, 0.05) is 32.4 Å². The first kappa shape index (κ1) is 17.7. The van der Waals surface area contributed by atoms with Gasteiger partial charge in [0.15, 0.2) is 5.92 Å². The number of ether oxygens (including phenoxy) is 1. The van der Waals surface area contributed by atoms with Crippen molar-refractivity contribution in [3.63, 3.8) is 0 Å². The van der Waals surface area contributed by atoms with Crippen molar-refractivity contribution in [2.24, 2.45) is 16.8 Å². The number of hydrogen-bond donors (Lipinski definition) is 2. The first-order chi connectivity index (χ1) is 12.3. The molecule has 0 aromatic rings. The van der Waals surface area contributed by atoms with E-state index in [-0.39, 0.29) is 0 Å². The molecule has 7 nitrogen and oxygen atoms in total. The number of hydrogen-bond acceptors (Lipinski definition) is 7. The molecule has 0 amide bonds. The van der Waals surface area contributed by atoms with Crippen molar-refractivity contribution in [2.75, 3.05) is 32.8 Å². The normalized spacial score (nSPS) is 25.5. The molecule has 7 heteroatoms. The largest absolute Gasteiger partial charge is 0.464 e. The number of nitrogens with zero attached hydrogens (tertiary/aromatic N) is 3. The number of piperazine rings is 1. The van der Waals surface area contributed by atoms with Crippen molar-refractivity contribution in [3.8, 4) is 6.07 Å². The van der Waals surface area contributed by atoms with E-state index in [0.29, 0.717) is 12.5 Å². The molecule has 1 aliphatic carbocycles. The third-order valence-electron chi connectivity index (χ3n) is 5.22. The highest BCUT2D eigenvalue weighted by Crippen LogP contribution is 2.26. The van der Waals surface area contributed by atoms with Crippen LogP contribution in [0.2, 0.25) is 0 Å². The fraction of sp³-hybridized carbons (Fsp3) is 0.722. The molecule has 25 heavy (non-hydrogen) atoms. The molecule has 0 aromatic carbocycles. The number of aliphatic imine (C=N–C) groups is 1. The van der Waals surface area contributed by atoms with E-state index in [2.05, 4.69) is 26.6 Å². The molecule has 0 aromatic heterocycles. The quantitative estimate of drug-likeness (QED) is 0.723. The topological polar surface area (TPSA) is 89.8 Å². The summed E-state index contributed by atoms with van der Waals surface area (Å²) < 4.78 is 5.51. The number of carbonyl (C=O) groups is 1. The van der Waals surface area contributed by atoms with Crippen LogP contribution in [0.1, 0.15) is 32.1 Å². The third kappa shape index (κ3) is 4.51. The average molecular weight is 345 g/mol. The van der Waals surface area contributed by atoms with Gasteiger partial charge in [0.2, 0.25) is 0 Å². The Morgan fingerprint density at radius 3 is 2.84 bits per heavy atom. The smallest absolute Gasteiger partial charge is 0.326 e. The van der Waals surface area contributed by atoms with E-state index in [1.807, 2.05) is 6.20 Å². The van der Waals surface area contributed by atoms with Crippen molar-refractivity contribution in [1.29, 1.82) is 5.26 Å². The average Bonchev–Trinajstić information content (AvgIpc) is 2.69. The van der Waals surface area contributed by atoms with Gasteiger partial charge >= 0.3 is 5.97 Å². The van der Waals surface area contributed by atoms with E-state index in [1.54, 1.807) is 6.34 Å². The molecular weight excluding hydrogens is 318 g/mol. The van der Waals surface area contributed by atoms with E-state index in [0.717, 1.165) is 44.7 Å². The SMILES string of the molecule is N#CC(C(=O)OCC1CCCCC1)C1N=CNC=C1N1CCNCC1. The van der Waals surface area contributed by atoms with Crippen LogP contribution < -0.4 is 10.6 Å². The summed E-state index contributed by atoms with van der Waals surface area (Å²) >= 11 is 0. The second-order valence-corrected chi connectivity index (χ2v) is 6.94. The molecule has 2 atom stereocenters. The lowest BCUT2D eigenvalue weighted by Gasteiger charge is -2.36. The number of nitrogens with one attached hydrogen (secondary N) is 2. The van der Waals surface area contributed by atoms with Gasteiger partial charge in [0.1, 0.15) is 6.04 Å². The van der Waals surface area contributed by atoms with E-state index in [4.69, 9.17) is 4.74 Å². The van der Waals surface area contributed by atoms with Crippen molar-refractivity contribution < 1.29 is 9.53 Å². The van der Waals surface area contributed by atoms with Gasteiger partial charge in [0.05, 0.1) is 24.7 Å². The van der Waals surface area contributed by atoms with E-state index in [9.17, 15) is 10.1 Å². The highest BCUT2D eigenvalue weighted by Gasteiger charge is 2.36. The van der Waals surface area contributed by atoms with Crippen LogP contribution in [0.3, 0.4) is 0 Å². The molecule has 0 bridgehead atoms. The van der Waals surface area contributed by atoms with Gasteiger partial charge < -0.3 is 20.3 Å². The summed E-state index contributed by atoms with van der Waals surface area (Å²) in [5, 5.41) is 15.9. The Morgan fingerprint density at radius 1 is 1.36 bits per heavy atom. The summed E-state index contributed by atoms with van der Waals surface area (Å²) in [5.74, 6) is -0.905. The van der Waals surface area contributed by atoms with Gasteiger partial charge in [-0.25, -0.2) is 0 Å². The van der Waals surface area contributed by atoms with Gasteiger partial charge in [-0.3, -0.25) is 9.79 Å². The van der Waals surface area contributed by atoms with Crippen LogP contribution in [0.5, 0.6) is 0 Å². The lowest BCUT2D eigenvalue weighted by atomic mass is 9.90. The molecule has 2 fully saturated rings. The Kier molecular flexibility index (Phi) is 6.29. The van der Waals surface area contributed by atoms with Crippen LogP contribution in [0, 0.1) is 23.2 Å². The van der Waals surface area contributed by atoms with Crippen molar-refractivity contribution in [3.05, 3.63) is 11.9 Å². The van der Waals surface area contributed by atoms with Crippen molar-refractivity contribution >= 4 is 12.3 Å². The van der Waals surface area contributed by atoms with Crippen molar-refractivity contribution in [1.82, 2.24) is 15.5 Å². The summed E-state index contributed by atoms with van der Waals surface area (Å²) in [4.78, 5) is 19.1. The number of esters is 1. The van der Waals surface area contributed by atoms with E-state index in [1.165, 1.54) is 19.3 Å². The van der Waals surface area contributed by atoms with E-state index < -0.39 is 17.9 Å². The third-order valence-corrected chi connectivity index (χ3v) is 5.22. The van der Waals surface area contributed by atoms with Crippen LogP contribution in [-0.2, 0) is 9.53 Å². The molecular formula is C18H27N5O2. The van der Waals surface area contributed by atoms with Gasteiger partial charge in [-0.2, -0.15) is 5.26 Å². The Hall–Kier alpha value is -2.07. The fourth-order valence-corrected chi connectivity index (χ4v) is 3.76. The lowest BCUT2D eigenvalue weighted by Crippen LogP contribution is -2.48. The fourth-order valence-electron chi connectivity index (χ4n) is 3.76. The second kappa shape index (κ2) is 8.86. The standard InChI is InChI=1S/C18H27N5O2/c19-10-15(18(24)25-12-14-4-2-1-3-5-14)17-16(11-21-13-22-17)23-8-6-20-7-9-23/h11,13-15,17,20H,1-9,12H2,(H,21,22). The van der Waals surface area contributed by atoms with Crippen LogP contribution in [-0.4, -0.2) is 56.0 Å². The summed E-state index contributed by atoms with van der Waals surface area (Å²) in [6.45, 7) is 3.89. The molecule has 0 radical (unpaired) electrons. The Labute approximate surface area is 149 Å². The zero-order valence-corrected chi connectivity index (χ0v) is 14.6. The highest BCUT2D eigenvalue weighted by molar-refractivity contribution is 5.77. The summed E-state index contributed by atoms with van der Waals surface area (Å²) in [7, 11) is 0. The first-order valence-corrected chi connectivity index (χ1v) is 9.29. The molecule has 3 aliphatic rings. The predicted molar refractivity (Wildman–Crippen MR) is 94.6 cm³/mol. The minimum atomic E-state index is -0.900. The highest BCUT2D eigenvalue weighted by atomic mass is 16.5. The summed E-state index contributed by atoms with van der Waals surface area (Å²) in [6, 6.07) is 1.63. The minimum absolute atomic E-state index is 0.429. The molecule has 2 heterocycles. The van der Waals surface area contributed by atoms with Crippen LogP contribution in [0.4, 0.5) is 0 Å². The number of carbonyl (C=O) groups excluding carboxylic acids is 1. The minimum Gasteiger partial charge on any atom is -0.464 e. The molecule has 2 aliphatic heterocycles.